The van der Waals surface area contributed by atoms with Crippen molar-refractivity contribution in [1.29, 1.82) is 0 Å². The fourth-order valence-corrected chi connectivity index (χ4v) is 8.90. The number of hydrogen-bond donors (Lipinski definition) is 0. The molecule has 0 unspecified atom stereocenters. The van der Waals surface area contributed by atoms with Gasteiger partial charge in [0.25, 0.3) is 0 Å². The molecule has 270 valence electrons. The van der Waals surface area contributed by atoms with Crippen molar-refractivity contribution in [1.82, 2.24) is 24.1 Å². The van der Waals surface area contributed by atoms with Crippen molar-refractivity contribution in [2.75, 3.05) is 0 Å². The number of hydrogen-bond acceptors (Lipinski definition) is 3. The molecule has 0 atom stereocenters. The van der Waals surface area contributed by atoms with E-state index in [1.165, 1.54) is 32.5 Å². The summed E-state index contributed by atoms with van der Waals surface area (Å²) < 4.78 is 4.54. The Labute approximate surface area is 333 Å². The molecule has 0 bridgehead atoms. The second kappa shape index (κ2) is 12.8. The van der Waals surface area contributed by atoms with Crippen LogP contribution < -0.4 is 0 Å². The standard InChI is InChI=1S/C53H33N5/c1-2-14-34(15-3-1)36-29-31-50-45(33-36)43-20-8-12-24-48(43)58(50)53-55-51(38-28-30-40-37(32-38)27-26-35-16-4-5-17-39(35)40)54-52(56-53)44-21-9-13-25-49(44)57-46-22-10-6-18-41(46)42-19-7-11-23-47(42)57/h1-33H. The van der Waals surface area contributed by atoms with Gasteiger partial charge in [-0.3, -0.25) is 4.57 Å². The van der Waals surface area contributed by atoms with Crippen LogP contribution in [0.5, 0.6) is 0 Å². The molecule has 5 heteroatoms. The van der Waals surface area contributed by atoms with E-state index in [1.807, 2.05) is 0 Å². The minimum Gasteiger partial charge on any atom is -0.309 e. The van der Waals surface area contributed by atoms with Gasteiger partial charge in [-0.15, -0.1) is 0 Å². The second-order valence-corrected chi connectivity index (χ2v) is 14.8. The first-order valence-electron chi connectivity index (χ1n) is 19.6. The van der Waals surface area contributed by atoms with E-state index in [1.54, 1.807) is 0 Å². The minimum atomic E-state index is 0.564. The van der Waals surface area contributed by atoms with Crippen molar-refractivity contribution in [2.24, 2.45) is 0 Å². The predicted octanol–water partition coefficient (Wildman–Crippen LogP) is 13.4. The Morgan fingerprint density at radius 1 is 0.293 bits per heavy atom. The number of aromatic nitrogens is 5. The van der Waals surface area contributed by atoms with Crippen molar-refractivity contribution in [3.63, 3.8) is 0 Å². The first-order chi connectivity index (χ1) is 28.8. The SMILES string of the molecule is c1ccc(-c2ccc3c(c2)c2ccccc2n3-c2nc(-c3ccc4c(ccc5ccccc54)c3)nc(-c3ccccc3-n3c4ccccc4c4ccccc43)n2)cc1. The Morgan fingerprint density at radius 2 is 0.845 bits per heavy atom. The molecule has 0 spiro atoms. The monoisotopic (exact) mass is 739 g/mol. The van der Waals surface area contributed by atoms with Gasteiger partial charge in [-0.1, -0.05) is 152 Å². The van der Waals surface area contributed by atoms with Crippen molar-refractivity contribution >= 4 is 65.2 Å². The van der Waals surface area contributed by atoms with E-state index in [2.05, 4.69) is 209 Å². The zero-order valence-electron chi connectivity index (χ0n) is 31.3. The summed E-state index contributed by atoms with van der Waals surface area (Å²) >= 11 is 0. The van der Waals surface area contributed by atoms with Crippen molar-refractivity contribution in [3.8, 4) is 45.5 Å². The van der Waals surface area contributed by atoms with E-state index in [-0.39, 0.29) is 0 Å². The Bertz CT molecular complexity index is 3520. The number of benzene rings is 9. The van der Waals surface area contributed by atoms with Crippen LogP contribution in [0.1, 0.15) is 0 Å². The molecule has 0 fully saturated rings. The highest BCUT2D eigenvalue weighted by Crippen LogP contribution is 2.38. The third-order valence-electron chi connectivity index (χ3n) is 11.6. The van der Waals surface area contributed by atoms with Gasteiger partial charge < -0.3 is 4.57 Å². The largest absolute Gasteiger partial charge is 0.309 e. The fourth-order valence-electron chi connectivity index (χ4n) is 8.90. The molecule has 0 aliphatic heterocycles. The summed E-state index contributed by atoms with van der Waals surface area (Å²) in [6.07, 6.45) is 0. The zero-order chi connectivity index (χ0) is 38.2. The van der Waals surface area contributed by atoms with Crippen LogP contribution >= 0.6 is 0 Å². The maximum atomic E-state index is 5.41. The van der Waals surface area contributed by atoms with Crippen LogP contribution in [-0.2, 0) is 0 Å². The van der Waals surface area contributed by atoms with Crippen LogP contribution in [0.15, 0.2) is 200 Å². The summed E-state index contributed by atoms with van der Waals surface area (Å²) in [5, 5.41) is 9.47. The molecule has 9 aromatic carbocycles. The Balaban J connectivity index is 1.14. The molecule has 3 aromatic heterocycles. The third-order valence-corrected chi connectivity index (χ3v) is 11.6. The summed E-state index contributed by atoms with van der Waals surface area (Å²) in [7, 11) is 0. The van der Waals surface area contributed by atoms with Gasteiger partial charge in [0.15, 0.2) is 11.6 Å². The lowest BCUT2D eigenvalue weighted by atomic mass is 10.00. The van der Waals surface area contributed by atoms with Crippen LogP contribution in [-0.4, -0.2) is 24.1 Å². The Kier molecular flexibility index (Phi) is 7.16. The van der Waals surface area contributed by atoms with Crippen molar-refractivity contribution in [2.45, 2.75) is 0 Å². The van der Waals surface area contributed by atoms with Gasteiger partial charge in [-0.2, -0.15) is 9.97 Å². The number of para-hydroxylation sites is 4. The van der Waals surface area contributed by atoms with Gasteiger partial charge in [0.05, 0.1) is 27.8 Å². The van der Waals surface area contributed by atoms with Gasteiger partial charge in [0, 0.05) is 32.7 Å². The number of fused-ring (bicyclic) bond motifs is 9. The highest BCUT2D eigenvalue weighted by Gasteiger charge is 2.21. The lowest BCUT2D eigenvalue weighted by Crippen LogP contribution is -2.07. The summed E-state index contributed by atoms with van der Waals surface area (Å²) in [5.74, 6) is 1.77. The molecular weight excluding hydrogens is 707 g/mol. The first-order valence-corrected chi connectivity index (χ1v) is 19.6. The van der Waals surface area contributed by atoms with Gasteiger partial charge >= 0.3 is 0 Å². The smallest absolute Gasteiger partial charge is 0.238 e. The molecule has 0 saturated heterocycles. The van der Waals surface area contributed by atoms with Crippen LogP contribution in [0.2, 0.25) is 0 Å². The van der Waals surface area contributed by atoms with Gasteiger partial charge in [-0.05, 0) is 81.2 Å². The summed E-state index contributed by atoms with van der Waals surface area (Å²) in [6.45, 7) is 0. The normalized spacial score (nSPS) is 11.8. The van der Waals surface area contributed by atoms with Crippen LogP contribution in [0.4, 0.5) is 0 Å². The van der Waals surface area contributed by atoms with E-state index >= 15 is 0 Å². The average molecular weight is 740 g/mol. The molecular formula is C53H33N5. The summed E-state index contributed by atoms with van der Waals surface area (Å²) in [6, 6.07) is 70.9. The summed E-state index contributed by atoms with van der Waals surface area (Å²) in [5.41, 5.74) is 9.51. The highest BCUT2D eigenvalue weighted by atomic mass is 15.2. The molecule has 0 radical (unpaired) electrons. The average Bonchev–Trinajstić information content (AvgIpc) is 3.81. The van der Waals surface area contributed by atoms with Crippen LogP contribution in [0.25, 0.3) is 111 Å². The molecule has 0 amide bonds. The molecule has 12 rings (SSSR count). The molecule has 0 aliphatic rings. The molecule has 58 heavy (non-hydrogen) atoms. The van der Waals surface area contributed by atoms with E-state index in [9.17, 15) is 0 Å². The van der Waals surface area contributed by atoms with E-state index in [4.69, 9.17) is 15.0 Å². The maximum absolute atomic E-state index is 5.41. The first kappa shape index (κ1) is 32.4. The van der Waals surface area contributed by atoms with Gasteiger partial charge in [-0.25, -0.2) is 4.98 Å². The zero-order valence-corrected chi connectivity index (χ0v) is 31.3. The molecule has 0 saturated carbocycles. The minimum absolute atomic E-state index is 0.564. The second-order valence-electron chi connectivity index (χ2n) is 14.8. The van der Waals surface area contributed by atoms with Gasteiger partial charge in [0.1, 0.15) is 0 Å². The topological polar surface area (TPSA) is 48.5 Å². The molecule has 0 N–H and O–H groups in total. The molecule has 12 aromatic rings. The fraction of sp³-hybridized carbons (Fsp3) is 0. The van der Waals surface area contributed by atoms with Crippen LogP contribution in [0.3, 0.4) is 0 Å². The van der Waals surface area contributed by atoms with Crippen molar-refractivity contribution in [3.05, 3.63) is 200 Å². The molecule has 0 aliphatic carbocycles. The predicted molar refractivity (Wildman–Crippen MR) is 240 cm³/mol. The lowest BCUT2D eigenvalue weighted by molar-refractivity contribution is 0.952. The highest BCUT2D eigenvalue weighted by molar-refractivity contribution is 6.12. The molecule has 5 nitrogen and oxygen atoms in total. The molecule has 3 heterocycles. The maximum Gasteiger partial charge on any atom is 0.238 e. The Morgan fingerprint density at radius 3 is 1.62 bits per heavy atom. The third kappa shape index (κ3) is 5.00. The number of nitrogens with zero attached hydrogens (tertiary/aromatic N) is 5. The van der Waals surface area contributed by atoms with E-state index in [0.29, 0.717) is 17.6 Å². The van der Waals surface area contributed by atoms with E-state index < -0.39 is 0 Å². The Hall–Kier alpha value is -7.89. The summed E-state index contributed by atoms with van der Waals surface area (Å²) in [4.78, 5) is 16.1. The van der Waals surface area contributed by atoms with E-state index in [0.717, 1.165) is 60.6 Å². The quantitative estimate of drug-likeness (QED) is 0.165. The van der Waals surface area contributed by atoms with Crippen molar-refractivity contribution < 1.29 is 0 Å². The number of rotatable bonds is 5. The van der Waals surface area contributed by atoms with Crippen LogP contribution in [0, 0.1) is 0 Å². The van der Waals surface area contributed by atoms with Gasteiger partial charge in [0.2, 0.25) is 5.95 Å². The lowest BCUT2D eigenvalue weighted by Gasteiger charge is -2.15.